The number of allylic oxidation sites excluding steroid dienone is 1. The van der Waals surface area contributed by atoms with E-state index in [1.807, 2.05) is 50.9 Å². The Balaban J connectivity index is 1.57. The third-order valence-corrected chi connectivity index (χ3v) is 11.5. The zero-order valence-corrected chi connectivity index (χ0v) is 32.6. The molecule has 6 rings (SSSR count). The van der Waals surface area contributed by atoms with E-state index in [9.17, 15) is 15.0 Å². The lowest BCUT2D eigenvalue weighted by atomic mass is 9.55. The highest BCUT2D eigenvalue weighted by Gasteiger charge is 2.65. The molecule has 9 nitrogen and oxygen atoms in total. The quantitative estimate of drug-likeness (QED) is 0.102. The van der Waals surface area contributed by atoms with Gasteiger partial charge in [-0.3, -0.25) is 4.79 Å². The third kappa shape index (κ3) is 8.37. The van der Waals surface area contributed by atoms with Crippen LogP contribution < -0.4 is 9.47 Å². The minimum Gasteiger partial charge on any atom is -0.459 e. The van der Waals surface area contributed by atoms with E-state index in [0.717, 1.165) is 78.9 Å². The summed E-state index contributed by atoms with van der Waals surface area (Å²) in [5, 5.41) is 24.6. The number of unbranched alkanes of at least 4 members (excludes halogenated alkanes) is 2. The van der Waals surface area contributed by atoms with Crippen LogP contribution in [0.15, 0.2) is 65.9 Å². The lowest BCUT2D eigenvalue weighted by Gasteiger charge is -2.59. The van der Waals surface area contributed by atoms with Gasteiger partial charge >= 0.3 is 0 Å². The third-order valence-electron chi connectivity index (χ3n) is 11.5. The van der Waals surface area contributed by atoms with E-state index in [-0.39, 0.29) is 55.3 Å². The number of aliphatic hydroxyl groups is 2. The fourth-order valence-electron chi connectivity index (χ4n) is 8.67. The average Bonchev–Trinajstić information content (AvgIpc) is 3.98. The maximum Gasteiger partial charge on any atom is 0.239 e. The number of hydrogen-bond donors (Lipinski definition) is 2. The van der Waals surface area contributed by atoms with Crippen molar-refractivity contribution in [1.29, 1.82) is 0 Å². The zero-order chi connectivity index (χ0) is 37.9. The van der Waals surface area contributed by atoms with Crippen molar-refractivity contribution in [3.63, 3.8) is 0 Å². The first-order valence-corrected chi connectivity index (χ1v) is 19.7. The standard InChI is InChI=1S/C44H60N2O7/c1-8-23-50-44-39(46(7)42(49)30-16-17-30)27-37(45-53-43(4,5)6)35-25-31(13-9-11-21-47)34(14-10-12-22-48)40(41(35)44)36-26-33(19-20-38(36)52-44)51-32-18-15-28(2)29(3)24-32/h8,15,18-20,24-26,30-31,34,39-41,47-48H,1,9-14,16-17,21-23,27H2,2-7H3/t31-,34+,39-,40+,41+,44+/m0/s1. The maximum absolute atomic E-state index is 14.0. The summed E-state index contributed by atoms with van der Waals surface area (Å²) in [5.41, 5.74) is 4.72. The molecule has 0 unspecified atom stereocenters. The van der Waals surface area contributed by atoms with Crippen LogP contribution in [0.1, 0.15) is 101 Å². The van der Waals surface area contributed by atoms with Gasteiger partial charge < -0.3 is 34.2 Å². The zero-order valence-electron chi connectivity index (χ0n) is 32.6. The van der Waals surface area contributed by atoms with E-state index in [2.05, 4.69) is 44.7 Å². The predicted molar refractivity (Wildman–Crippen MR) is 207 cm³/mol. The van der Waals surface area contributed by atoms with Crippen molar-refractivity contribution >= 4 is 11.6 Å². The van der Waals surface area contributed by atoms with Crippen LogP contribution in [0.2, 0.25) is 0 Å². The minimum atomic E-state index is -1.24. The fourth-order valence-corrected chi connectivity index (χ4v) is 8.67. The SMILES string of the molecule is C=CCO[C@@]12Oc3ccc(Oc4ccc(C)c(C)c4)cc3[C@H]3[C@H](CCCCO)[C@@H](CCCCO)C=C(C(=NOC(C)(C)C)C[C@@H]1N(C)C(=O)C1CC1)[C@H]32. The van der Waals surface area contributed by atoms with Crippen molar-refractivity contribution in [3.05, 3.63) is 77.4 Å². The average molecular weight is 729 g/mol. The number of carbonyl (C=O) groups excluding carboxylic acids is 1. The molecular formula is C44H60N2O7. The number of benzene rings is 2. The van der Waals surface area contributed by atoms with Gasteiger partial charge in [0.1, 0.15) is 28.9 Å². The number of ether oxygens (including phenoxy) is 3. The summed E-state index contributed by atoms with van der Waals surface area (Å²) in [4.78, 5) is 22.0. The highest BCUT2D eigenvalue weighted by atomic mass is 16.7. The molecule has 53 heavy (non-hydrogen) atoms. The summed E-state index contributed by atoms with van der Waals surface area (Å²) in [6, 6.07) is 11.7. The van der Waals surface area contributed by atoms with E-state index in [0.29, 0.717) is 18.6 Å². The van der Waals surface area contributed by atoms with Gasteiger partial charge in [-0.05, 0) is 132 Å². The van der Waals surface area contributed by atoms with Crippen LogP contribution in [0.3, 0.4) is 0 Å². The van der Waals surface area contributed by atoms with Gasteiger partial charge in [0.15, 0.2) is 0 Å². The van der Waals surface area contributed by atoms with Gasteiger partial charge in [0, 0.05) is 44.1 Å². The molecule has 0 radical (unpaired) electrons. The van der Waals surface area contributed by atoms with E-state index in [4.69, 9.17) is 24.2 Å². The number of likely N-dealkylation sites (N-methyl/N-ethyl adjacent to an activating group) is 1. The summed E-state index contributed by atoms with van der Waals surface area (Å²) in [6.45, 7) is 14.7. The predicted octanol–water partition coefficient (Wildman–Crippen LogP) is 8.40. The number of aryl methyl sites for hydroxylation is 2. The van der Waals surface area contributed by atoms with Crippen LogP contribution >= 0.6 is 0 Å². The molecule has 1 aliphatic heterocycles. The molecule has 2 aromatic rings. The van der Waals surface area contributed by atoms with E-state index >= 15 is 0 Å². The van der Waals surface area contributed by atoms with Crippen LogP contribution in [0.5, 0.6) is 17.2 Å². The lowest BCUT2D eigenvalue weighted by Crippen LogP contribution is -2.69. The van der Waals surface area contributed by atoms with Crippen LogP contribution in [0, 0.1) is 37.5 Å². The van der Waals surface area contributed by atoms with E-state index < -0.39 is 17.4 Å². The highest BCUT2D eigenvalue weighted by Crippen LogP contribution is 2.62. The van der Waals surface area contributed by atoms with Gasteiger partial charge in [0.25, 0.3) is 0 Å². The topological polar surface area (TPSA) is 110 Å². The second-order valence-corrected chi connectivity index (χ2v) is 16.5. The van der Waals surface area contributed by atoms with Crippen LogP contribution in [0.25, 0.3) is 0 Å². The maximum atomic E-state index is 14.0. The molecule has 4 aliphatic rings. The van der Waals surface area contributed by atoms with E-state index in [1.54, 1.807) is 6.08 Å². The summed E-state index contributed by atoms with van der Waals surface area (Å²) in [5.74, 6) is 0.936. The Hall–Kier alpha value is -3.66. The van der Waals surface area contributed by atoms with Gasteiger partial charge in [-0.25, -0.2) is 0 Å². The molecule has 2 saturated carbocycles. The number of nitrogens with zero attached hydrogens (tertiary/aromatic N) is 2. The number of amides is 1. The first kappa shape index (κ1) is 39.0. The normalized spacial score (nSPS) is 26.9. The van der Waals surface area contributed by atoms with Crippen molar-refractivity contribution in [2.75, 3.05) is 26.9 Å². The van der Waals surface area contributed by atoms with Crippen molar-refractivity contribution in [2.45, 2.75) is 116 Å². The Morgan fingerprint density at radius 2 is 1.72 bits per heavy atom. The Morgan fingerprint density at radius 3 is 2.38 bits per heavy atom. The van der Waals surface area contributed by atoms with Crippen LogP contribution in [-0.4, -0.2) is 71.0 Å². The van der Waals surface area contributed by atoms with Gasteiger partial charge in [0.2, 0.25) is 11.7 Å². The molecule has 2 fully saturated rings. The highest BCUT2D eigenvalue weighted by molar-refractivity contribution is 6.03. The molecule has 3 aliphatic carbocycles. The Morgan fingerprint density at radius 1 is 1.02 bits per heavy atom. The summed E-state index contributed by atoms with van der Waals surface area (Å²) >= 11 is 0. The van der Waals surface area contributed by atoms with Gasteiger partial charge in [-0.1, -0.05) is 36.2 Å². The first-order chi connectivity index (χ1) is 25.4. The number of carbonyl (C=O) groups is 1. The molecule has 6 atom stereocenters. The Labute approximate surface area is 316 Å². The number of hydrogen-bond acceptors (Lipinski definition) is 8. The van der Waals surface area contributed by atoms with Gasteiger partial charge in [-0.15, -0.1) is 6.58 Å². The van der Waals surface area contributed by atoms with Crippen molar-refractivity contribution in [1.82, 2.24) is 4.90 Å². The number of oxime groups is 1. The molecule has 0 saturated heterocycles. The van der Waals surface area contributed by atoms with Crippen LogP contribution in [-0.2, 0) is 14.4 Å². The Kier molecular flexibility index (Phi) is 12.1. The number of rotatable bonds is 16. The molecule has 9 heteroatoms. The fraction of sp³-hybridized carbons (Fsp3) is 0.591. The largest absolute Gasteiger partial charge is 0.459 e. The summed E-state index contributed by atoms with van der Waals surface area (Å²) in [6.07, 6.45) is 11.2. The van der Waals surface area contributed by atoms with Crippen LogP contribution in [0.4, 0.5) is 0 Å². The smallest absolute Gasteiger partial charge is 0.239 e. The number of aliphatic hydroxyl groups excluding tert-OH is 2. The Bertz CT molecular complexity index is 1690. The molecule has 0 bridgehead atoms. The summed E-state index contributed by atoms with van der Waals surface area (Å²) < 4.78 is 20.8. The molecule has 0 spiro atoms. The molecule has 1 heterocycles. The van der Waals surface area contributed by atoms with Crippen molar-refractivity contribution in [2.24, 2.45) is 28.8 Å². The number of fused-ring (bicyclic) bond motifs is 2. The second kappa shape index (κ2) is 16.4. The lowest BCUT2D eigenvalue weighted by molar-refractivity contribution is -0.256. The minimum absolute atomic E-state index is 0.00453. The van der Waals surface area contributed by atoms with Crippen molar-refractivity contribution in [3.8, 4) is 17.2 Å². The molecule has 1 amide bonds. The molecule has 2 aromatic carbocycles. The molecule has 0 aromatic heterocycles. The molecular weight excluding hydrogens is 668 g/mol. The van der Waals surface area contributed by atoms with Crippen molar-refractivity contribution < 1.29 is 34.1 Å². The van der Waals surface area contributed by atoms with E-state index in [1.165, 1.54) is 5.56 Å². The summed E-state index contributed by atoms with van der Waals surface area (Å²) in [7, 11) is 1.88. The van der Waals surface area contributed by atoms with Gasteiger partial charge in [-0.2, -0.15) is 0 Å². The monoisotopic (exact) mass is 728 g/mol. The van der Waals surface area contributed by atoms with Gasteiger partial charge in [0.05, 0.1) is 18.2 Å². The molecule has 288 valence electrons. The first-order valence-electron chi connectivity index (χ1n) is 19.7. The second-order valence-electron chi connectivity index (χ2n) is 16.5. The molecule has 2 N–H and O–H groups in total.